The molecule has 1 rings (SSSR count). The van der Waals surface area contributed by atoms with E-state index in [1.807, 2.05) is 0 Å². The highest BCUT2D eigenvalue weighted by atomic mass is 35.5. The maximum atomic E-state index is 13.9. The third-order valence-corrected chi connectivity index (χ3v) is 4.33. The first-order chi connectivity index (χ1) is 9.24. The van der Waals surface area contributed by atoms with E-state index in [1.165, 1.54) is 6.07 Å². The molecule has 0 saturated heterocycles. The summed E-state index contributed by atoms with van der Waals surface area (Å²) < 4.78 is 13.9. The van der Waals surface area contributed by atoms with E-state index in [-0.39, 0.29) is 11.2 Å². The van der Waals surface area contributed by atoms with Crippen molar-refractivity contribution in [3.63, 3.8) is 0 Å². The van der Waals surface area contributed by atoms with Gasteiger partial charge in [-0.2, -0.15) is 0 Å². The average molecular weight is 300 g/mol. The van der Waals surface area contributed by atoms with Gasteiger partial charge in [-0.3, -0.25) is 0 Å². The minimum atomic E-state index is -0.205. The fourth-order valence-electron chi connectivity index (χ4n) is 2.26. The number of benzene rings is 1. The topological polar surface area (TPSA) is 12.0 Å². The van der Waals surface area contributed by atoms with Crippen molar-refractivity contribution in [2.24, 2.45) is 11.3 Å². The molecule has 0 amide bonds. The first-order valence-corrected chi connectivity index (χ1v) is 7.79. The van der Waals surface area contributed by atoms with E-state index in [9.17, 15) is 4.39 Å². The zero-order chi connectivity index (χ0) is 15.3. The van der Waals surface area contributed by atoms with E-state index in [0.717, 1.165) is 18.5 Å². The molecule has 0 bridgehead atoms. The van der Waals surface area contributed by atoms with Gasteiger partial charge in [0.2, 0.25) is 0 Å². The first-order valence-electron chi connectivity index (χ1n) is 7.41. The van der Waals surface area contributed by atoms with Crippen LogP contribution in [0.25, 0.3) is 0 Å². The van der Waals surface area contributed by atoms with Crippen LogP contribution in [0.1, 0.15) is 46.6 Å². The Morgan fingerprint density at radius 2 is 1.95 bits per heavy atom. The number of rotatable bonds is 6. The standard InChI is InChI=1S/C17H27ClFN/c1-6-20-15(9-12(2)17(3,4)5)10-13-7-8-14(18)11-16(13)19/h7-8,11-12,15,20H,6,9-10H2,1-5H3. The van der Waals surface area contributed by atoms with Gasteiger partial charge in [-0.25, -0.2) is 4.39 Å². The van der Waals surface area contributed by atoms with Gasteiger partial charge in [0.1, 0.15) is 5.82 Å². The predicted octanol–water partition coefficient (Wildman–Crippen LogP) is 5.07. The SMILES string of the molecule is CCNC(Cc1ccc(Cl)cc1F)CC(C)C(C)(C)C. The molecule has 0 aliphatic rings. The van der Waals surface area contributed by atoms with E-state index < -0.39 is 0 Å². The third kappa shape index (κ3) is 5.41. The van der Waals surface area contributed by atoms with E-state index in [1.54, 1.807) is 12.1 Å². The molecular weight excluding hydrogens is 273 g/mol. The number of hydrogen-bond acceptors (Lipinski definition) is 1. The lowest BCUT2D eigenvalue weighted by Crippen LogP contribution is -2.35. The Balaban J connectivity index is 2.76. The van der Waals surface area contributed by atoms with Crippen LogP contribution in [0, 0.1) is 17.2 Å². The predicted molar refractivity (Wildman–Crippen MR) is 85.8 cm³/mol. The zero-order valence-electron chi connectivity index (χ0n) is 13.3. The molecule has 0 aliphatic carbocycles. The number of hydrogen-bond donors (Lipinski definition) is 1. The van der Waals surface area contributed by atoms with Crippen LogP contribution < -0.4 is 5.32 Å². The molecule has 0 heterocycles. The van der Waals surface area contributed by atoms with Gasteiger partial charge in [0.05, 0.1) is 0 Å². The highest BCUT2D eigenvalue weighted by Crippen LogP contribution is 2.30. The smallest absolute Gasteiger partial charge is 0.127 e. The van der Waals surface area contributed by atoms with E-state index >= 15 is 0 Å². The van der Waals surface area contributed by atoms with Crippen molar-refractivity contribution in [1.82, 2.24) is 5.32 Å². The summed E-state index contributed by atoms with van der Waals surface area (Å²) in [6, 6.07) is 5.25. The van der Waals surface area contributed by atoms with E-state index in [0.29, 0.717) is 23.4 Å². The summed E-state index contributed by atoms with van der Waals surface area (Å²) in [5, 5.41) is 3.93. The van der Waals surface area contributed by atoms with Crippen LogP contribution in [-0.4, -0.2) is 12.6 Å². The molecule has 3 heteroatoms. The van der Waals surface area contributed by atoms with Gasteiger partial charge in [-0.05, 0) is 48.4 Å². The molecule has 0 aliphatic heterocycles. The molecule has 1 N–H and O–H groups in total. The van der Waals surface area contributed by atoms with Crippen molar-refractivity contribution < 1.29 is 4.39 Å². The molecule has 2 atom stereocenters. The Morgan fingerprint density at radius 1 is 1.30 bits per heavy atom. The average Bonchev–Trinajstić information content (AvgIpc) is 2.31. The van der Waals surface area contributed by atoms with Crippen molar-refractivity contribution in [2.75, 3.05) is 6.54 Å². The maximum absolute atomic E-state index is 13.9. The van der Waals surface area contributed by atoms with Gasteiger partial charge in [0.15, 0.2) is 0 Å². The molecule has 0 fully saturated rings. The van der Waals surface area contributed by atoms with Gasteiger partial charge in [0.25, 0.3) is 0 Å². The molecule has 0 spiro atoms. The molecular formula is C17H27ClFN. The monoisotopic (exact) mass is 299 g/mol. The molecule has 114 valence electrons. The summed E-state index contributed by atoms with van der Waals surface area (Å²) in [5.41, 5.74) is 1.01. The summed E-state index contributed by atoms with van der Waals surface area (Å²) in [5.74, 6) is 0.366. The van der Waals surface area contributed by atoms with Gasteiger partial charge < -0.3 is 5.32 Å². The summed E-state index contributed by atoms with van der Waals surface area (Å²) in [6.07, 6.45) is 1.75. The molecule has 1 aromatic rings. The molecule has 0 radical (unpaired) electrons. The van der Waals surface area contributed by atoms with Gasteiger partial charge in [0, 0.05) is 11.1 Å². The third-order valence-electron chi connectivity index (χ3n) is 4.09. The normalized spacial score (nSPS) is 15.2. The maximum Gasteiger partial charge on any atom is 0.127 e. The highest BCUT2D eigenvalue weighted by Gasteiger charge is 2.24. The van der Waals surface area contributed by atoms with Crippen LogP contribution in [0.2, 0.25) is 5.02 Å². The first kappa shape index (κ1) is 17.5. The Hall–Kier alpha value is -0.600. The molecule has 20 heavy (non-hydrogen) atoms. The zero-order valence-corrected chi connectivity index (χ0v) is 14.0. The Labute approximate surface area is 127 Å². The number of likely N-dealkylation sites (N-methyl/N-ethyl adjacent to an activating group) is 1. The summed E-state index contributed by atoms with van der Waals surface area (Å²) in [7, 11) is 0. The molecule has 0 saturated carbocycles. The summed E-state index contributed by atoms with van der Waals surface area (Å²) in [6.45, 7) is 12.0. The van der Waals surface area contributed by atoms with Crippen LogP contribution in [0.4, 0.5) is 4.39 Å². The van der Waals surface area contributed by atoms with Gasteiger partial charge in [-0.1, -0.05) is 52.3 Å². The lowest BCUT2D eigenvalue weighted by atomic mass is 9.78. The Kier molecular flexibility index (Phi) is 6.47. The summed E-state index contributed by atoms with van der Waals surface area (Å²) >= 11 is 5.80. The van der Waals surface area contributed by atoms with Crippen LogP contribution in [0.3, 0.4) is 0 Å². The van der Waals surface area contributed by atoms with Crippen LogP contribution in [0.5, 0.6) is 0 Å². The minimum absolute atomic E-state index is 0.205. The minimum Gasteiger partial charge on any atom is -0.314 e. The second-order valence-electron chi connectivity index (χ2n) is 6.70. The van der Waals surface area contributed by atoms with E-state index in [4.69, 9.17) is 11.6 Å². The van der Waals surface area contributed by atoms with Crippen LogP contribution in [-0.2, 0) is 6.42 Å². The van der Waals surface area contributed by atoms with E-state index in [2.05, 4.69) is 39.9 Å². The molecule has 2 unspecified atom stereocenters. The fourth-order valence-corrected chi connectivity index (χ4v) is 2.42. The largest absolute Gasteiger partial charge is 0.314 e. The molecule has 1 nitrogen and oxygen atoms in total. The fraction of sp³-hybridized carbons (Fsp3) is 0.647. The number of halogens is 2. The second-order valence-corrected chi connectivity index (χ2v) is 7.13. The van der Waals surface area contributed by atoms with Crippen molar-refractivity contribution in [2.45, 2.75) is 53.5 Å². The number of nitrogens with one attached hydrogen (secondary N) is 1. The molecule has 1 aromatic carbocycles. The molecule has 0 aromatic heterocycles. The lowest BCUT2D eigenvalue weighted by Gasteiger charge is -2.31. The van der Waals surface area contributed by atoms with Crippen LogP contribution >= 0.6 is 11.6 Å². The summed E-state index contributed by atoms with van der Waals surface area (Å²) in [4.78, 5) is 0. The van der Waals surface area contributed by atoms with Crippen molar-refractivity contribution in [1.29, 1.82) is 0 Å². The lowest BCUT2D eigenvalue weighted by molar-refractivity contribution is 0.222. The van der Waals surface area contributed by atoms with Crippen molar-refractivity contribution in [3.05, 3.63) is 34.6 Å². The second kappa shape index (κ2) is 7.42. The van der Waals surface area contributed by atoms with Crippen molar-refractivity contribution >= 4 is 11.6 Å². The Morgan fingerprint density at radius 3 is 2.45 bits per heavy atom. The highest BCUT2D eigenvalue weighted by molar-refractivity contribution is 6.30. The van der Waals surface area contributed by atoms with Crippen molar-refractivity contribution in [3.8, 4) is 0 Å². The Bertz CT molecular complexity index is 425. The van der Waals surface area contributed by atoms with Gasteiger partial charge >= 0.3 is 0 Å². The van der Waals surface area contributed by atoms with Gasteiger partial charge in [-0.15, -0.1) is 0 Å². The quantitative estimate of drug-likeness (QED) is 0.773. The van der Waals surface area contributed by atoms with Crippen LogP contribution in [0.15, 0.2) is 18.2 Å².